The van der Waals surface area contributed by atoms with Gasteiger partial charge in [0.05, 0.1) is 0 Å². The summed E-state index contributed by atoms with van der Waals surface area (Å²) in [6.07, 6.45) is 1.91. The summed E-state index contributed by atoms with van der Waals surface area (Å²) in [4.78, 5) is 14.3. The summed E-state index contributed by atoms with van der Waals surface area (Å²) in [7, 11) is 0. The predicted octanol–water partition coefficient (Wildman–Crippen LogP) is 2.82. The second kappa shape index (κ2) is 6.70. The Balaban J connectivity index is 2.03. The van der Waals surface area contributed by atoms with Crippen molar-refractivity contribution in [2.75, 3.05) is 18.4 Å². The molecule has 1 aliphatic heterocycles. The van der Waals surface area contributed by atoms with Crippen LogP contribution in [0.2, 0.25) is 0 Å². The van der Waals surface area contributed by atoms with Gasteiger partial charge < -0.3 is 15.5 Å². The number of benzene rings is 1. The van der Waals surface area contributed by atoms with Gasteiger partial charge in [-0.3, -0.25) is 0 Å². The van der Waals surface area contributed by atoms with E-state index in [0.29, 0.717) is 18.3 Å². The van der Waals surface area contributed by atoms with Gasteiger partial charge in [-0.2, -0.15) is 0 Å². The normalized spacial score (nSPS) is 22.6. The van der Waals surface area contributed by atoms with Gasteiger partial charge in [-0.05, 0) is 37.1 Å². The van der Waals surface area contributed by atoms with Gasteiger partial charge in [0.1, 0.15) is 5.82 Å². The molecule has 1 aliphatic rings. The van der Waals surface area contributed by atoms with Crippen LogP contribution >= 0.6 is 0 Å². The van der Waals surface area contributed by atoms with E-state index >= 15 is 0 Å². The Bertz CT molecular complexity index is 449. The Morgan fingerprint density at radius 2 is 2.05 bits per heavy atom. The third kappa shape index (κ3) is 3.48. The number of anilines is 1. The monoisotopic (exact) mass is 279 g/mol. The number of amides is 2. The number of hydrogen-bond donors (Lipinski definition) is 2. The minimum atomic E-state index is -0.303. The Hall–Kier alpha value is -1.62. The number of rotatable bonds is 3. The lowest BCUT2D eigenvalue weighted by Gasteiger charge is -2.39. The van der Waals surface area contributed by atoms with E-state index in [1.165, 1.54) is 12.1 Å². The molecule has 0 spiro atoms. The van der Waals surface area contributed by atoms with Gasteiger partial charge in [0.2, 0.25) is 0 Å². The number of hydrogen-bond acceptors (Lipinski definition) is 2. The first-order valence-corrected chi connectivity index (χ1v) is 7.20. The third-order valence-corrected chi connectivity index (χ3v) is 3.82. The lowest BCUT2D eigenvalue weighted by Crippen LogP contribution is -2.58. The van der Waals surface area contributed by atoms with Crippen LogP contribution in [-0.2, 0) is 0 Å². The molecule has 5 heteroatoms. The summed E-state index contributed by atoms with van der Waals surface area (Å²) in [5.41, 5.74) is 0.623. The maximum atomic E-state index is 12.9. The largest absolute Gasteiger partial charge is 0.322 e. The lowest BCUT2D eigenvalue weighted by atomic mass is 10.1. The Kier molecular flexibility index (Phi) is 4.95. The van der Waals surface area contributed by atoms with Gasteiger partial charge in [-0.1, -0.05) is 13.8 Å². The van der Waals surface area contributed by atoms with Crippen LogP contribution in [0, 0.1) is 5.82 Å². The van der Waals surface area contributed by atoms with Crippen molar-refractivity contribution >= 4 is 11.7 Å². The first-order valence-electron chi connectivity index (χ1n) is 7.20. The fourth-order valence-corrected chi connectivity index (χ4v) is 2.48. The summed E-state index contributed by atoms with van der Waals surface area (Å²) < 4.78 is 12.9. The van der Waals surface area contributed by atoms with Crippen LogP contribution in [0.15, 0.2) is 24.3 Å². The minimum absolute atomic E-state index is 0.108. The molecule has 1 aromatic rings. The molecule has 2 rings (SSSR count). The van der Waals surface area contributed by atoms with E-state index in [0.717, 1.165) is 19.4 Å². The SMILES string of the molecule is CCC1CN(C(=O)Nc2ccc(F)cc2)C(CC)CN1. The van der Waals surface area contributed by atoms with Crippen molar-refractivity contribution in [2.24, 2.45) is 0 Å². The highest BCUT2D eigenvalue weighted by Gasteiger charge is 2.29. The van der Waals surface area contributed by atoms with Gasteiger partial charge >= 0.3 is 6.03 Å². The van der Waals surface area contributed by atoms with Crippen molar-refractivity contribution < 1.29 is 9.18 Å². The molecule has 2 amide bonds. The van der Waals surface area contributed by atoms with E-state index in [4.69, 9.17) is 0 Å². The van der Waals surface area contributed by atoms with E-state index in [1.54, 1.807) is 12.1 Å². The zero-order chi connectivity index (χ0) is 14.5. The molecule has 0 radical (unpaired) electrons. The number of urea groups is 1. The van der Waals surface area contributed by atoms with Crippen LogP contribution < -0.4 is 10.6 Å². The van der Waals surface area contributed by atoms with Crippen LogP contribution in [0.3, 0.4) is 0 Å². The number of carbonyl (C=O) groups is 1. The first-order chi connectivity index (χ1) is 9.63. The van der Waals surface area contributed by atoms with Crippen molar-refractivity contribution in [3.63, 3.8) is 0 Å². The minimum Gasteiger partial charge on any atom is -0.319 e. The number of halogens is 1. The smallest absolute Gasteiger partial charge is 0.319 e. The van der Waals surface area contributed by atoms with Crippen LogP contribution in [0.4, 0.5) is 14.9 Å². The van der Waals surface area contributed by atoms with Crippen LogP contribution in [0.25, 0.3) is 0 Å². The molecule has 2 N–H and O–H groups in total. The van der Waals surface area contributed by atoms with Gasteiger partial charge in [-0.15, -0.1) is 0 Å². The number of nitrogens with zero attached hydrogens (tertiary/aromatic N) is 1. The number of piperazine rings is 1. The summed E-state index contributed by atoms with van der Waals surface area (Å²) in [6.45, 7) is 5.73. The average molecular weight is 279 g/mol. The maximum Gasteiger partial charge on any atom is 0.322 e. The van der Waals surface area contributed by atoms with Crippen molar-refractivity contribution in [1.29, 1.82) is 0 Å². The van der Waals surface area contributed by atoms with Gasteiger partial charge in [0, 0.05) is 30.9 Å². The second-order valence-corrected chi connectivity index (χ2v) is 5.16. The van der Waals surface area contributed by atoms with Crippen LogP contribution in [0.5, 0.6) is 0 Å². The highest BCUT2D eigenvalue weighted by atomic mass is 19.1. The molecule has 0 saturated carbocycles. The van der Waals surface area contributed by atoms with Crippen LogP contribution in [-0.4, -0.2) is 36.1 Å². The van der Waals surface area contributed by atoms with Gasteiger partial charge in [0.15, 0.2) is 0 Å². The highest BCUT2D eigenvalue weighted by molar-refractivity contribution is 5.89. The Morgan fingerprint density at radius 3 is 2.65 bits per heavy atom. The molecule has 20 heavy (non-hydrogen) atoms. The average Bonchev–Trinajstić information content (AvgIpc) is 2.48. The van der Waals surface area contributed by atoms with Crippen LogP contribution in [0.1, 0.15) is 26.7 Å². The first kappa shape index (κ1) is 14.8. The number of carbonyl (C=O) groups excluding carboxylic acids is 1. The fraction of sp³-hybridized carbons (Fsp3) is 0.533. The molecule has 2 unspecified atom stereocenters. The molecule has 2 atom stereocenters. The summed E-state index contributed by atoms with van der Waals surface area (Å²) >= 11 is 0. The topological polar surface area (TPSA) is 44.4 Å². The van der Waals surface area contributed by atoms with E-state index in [-0.39, 0.29) is 17.9 Å². The molecule has 1 saturated heterocycles. The van der Waals surface area contributed by atoms with Crippen molar-refractivity contribution in [2.45, 2.75) is 38.8 Å². The molecule has 4 nitrogen and oxygen atoms in total. The molecule has 1 aromatic carbocycles. The molecule has 0 aromatic heterocycles. The molecule has 0 aliphatic carbocycles. The molecular weight excluding hydrogens is 257 g/mol. The standard InChI is InChI=1S/C15H22FN3O/c1-3-12-10-19(14(4-2)9-17-12)15(20)18-13-7-5-11(16)6-8-13/h5-8,12,14,17H,3-4,9-10H2,1-2H3,(H,18,20). The van der Waals surface area contributed by atoms with Crippen molar-refractivity contribution in [1.82, 2.24) is 10.2 Å². The van der Waals surface area contributed by atoms with E-state index in [1.807, 2.05) is 4.90 Å². The van der Waals surface area contributed by atoms with Gasteiger partial charge in [0.25, 0.3) is 0 Å². The molecular formula is C15H22FN3O. The second-order valence-electron chi connectivity index (χ2n) is 5.16. The third-order valence-electron chi connectivity index (χ3n) is 3.82. The van der Waals surface area contributed by atoms with E-state index < -0.39 is 0 Å². The molecule has 0 bridgehead atoms. The van der Waals surface area contributed by atoms with E-state index in [2.05, 4.69) is 24.5 Å². The van der Waals surface area contributed by atoms with Crippen molar-refractivity contribution in [3.05, 3.63) is 30.1 Å². The maximum absolute atomic E-state index is 12.9. The fourth-order valence-electron chi connectivity index (χ4n) is 2.48. The zero-order valence-electron chi connectivity index (χ0n) is 12.0. The quantitative estimate of drug-likeness (QED) is 0.893. The molecule has 110 valence electrons. The van der Waals surface area contributed by atoms with Crippen molar-refractivity contribution in [3.8, 4) is 0 Å². The Labute approximate surface area is 119 Å². The zero-order valence-corrected chi connectivity index (χ0v) is 12.0. The summed E-state index contributed by atoms with van der Waals surface area (Å²) in [5.74, 6) is -0.303. The summed E-state index contributed by atoms with van der Waals surface area (Å²) in [5, 5.41) is 6.30. The summed E-state index contributed by atoms with van der Waals surface area (Å²) in [6, 6.07) is 6.29. The lowest BCUT2D eigenvalue weighted by molar-refractivity contribution is 0.147. The Morgan fingerprint density at radius 1 is 1.35 bits per heavy atom. The highest BCUT2D eigenvalue weighted by Crippen LogP contribution is 2.15. The number of nitrogens with one attached hydrogen (secondary N) is 2. The van der Waals surface area contributed by atoms with Gasteiger partial charge in [-0.25, -0.2) is 9.18 Å². The molecule has 1 fully saturated rings. The molecule has 1 heterocycles. The van der Waals surface area contributed by atoms with E-state index in [9.17, 15) is 9.18 Å². The predicted molar refractivity (Wildman–Crippen MR) is 78.3 cm³/mol.